The van der Waals surface area contributed by atoms with Crippen molar-refractivity contribution in [3.8, 4) is 16.8 Å². The zero-order chi connectivity index (χ0) is 27.4. The largest absolute Gasteiger partial charge is 0.418 e. The van der Waals surface area contributed by atoms with E-state index in [1.807, 2.05) is 30.3 Å². The number of hydrogen-bond acceptors (Lipinski definition) is 5. The fourth-order valence-corrected chi connectivity index (χ4v) is 6.58. The van der Waals surface area contributed by atoms with Gasteiger partial charge in [-0.15, -0.1) is 11.3 Å². The molecule has 6 aromatic rings. The Labute approximate surface area is 231 Å². The van der Waals surface area contributed by atoms with E-state index in [1.165, 1.54) is 16.7 Å². The van der Waals surface area contributed by atoms with E-state index in [0.29, 0.717) is 48.0 Å². The topological polar surface area (TPSA) is 50.2 Å². The van der Waals surface area contributed by atoms with Crippen LogP contribution in [0, 0.1) is 0 Å². The number of thiophene rings is 1. The first-order valence-electron chi connectivity index (χ1n) is 13.0. The second-order valence-corrected chi connectivity index (χ2v) is 10.8. The molecule has 1 fully saturated rings. The maximum Gasteiger partial charge on any atom is 0.418 e. The van der Waals surface area contributed by atoms with Crippen LogP contribution in [0.15, 0.2) is 89.2 Å². The molecule has 3 aromatic heterocycles. The molecular weight excluding hydrogens is 533 g/mol. The van der Waals surface area contributed by atoms with Gasteiger partial charge in [0.1, 0.15) is 0 Å². The Balaban J connectivity index is 1.47. The number of alkyl halides is 3. The third-order valence-electron chi connectivity index (χ3n) is 7.51. The molecule has 3 aromatic carbocycles. The van der Waals surface area contributed by atoms with Crippen LogP contribution in [0.3, 0.4) is 0 Å². The van der Waals surface area contributed by atoms with E-state index in [4.69, 9.17) is 0 Å². The number of fused-ring (bicyclic) bond motifs is 4. The lowest BCUT2D eigenvalue weighted by Crippen LogP contribution is -2.44. The summed E-state index contributed by atoms with van der Waals surface area (Å²) in [6, 6.07) is 21.3. The van der Waals surface area contributed by atoms with Crippen molar-refractivity contribution in [2.75, 3.05) is 31.1 Å². The van der Waals surface area contributed by atoms with E-state index in [9.17, 15) is 18.0 Å². The summed E-state index contributed by atoms with van der Waals surface area (Å²) in [5.74, 6) is 0. The Kier molecular flexibility index (Phi) is 5.87. The Morgan fingerprint density at radius 3 is 2.55 bits per heavy atom. The first kappa shape index (κ1) is 24.8. The fraction of sp³-hybridized carbons (Fsp3) is 0.161. The molecular formula is C31H23F3N4OS. The lowest BCUT2D eigenvalue weighted by molar-refractivity contribution is -0.137. The quantitative estimate of drug-likeness (QED) is 0.242. The number of hydrogen-bond donors (Lipinski definition) is 1. The van der Waals surface area contributed by atoms with Gasteiger partial charge in [-0.05, 0) is 53.4 Å². The zero-order valence-corrected chi connectivity index (χ0v) is 22.0. The summed E-state index contributed by atoms with van der Waals surface area (Å²) in [5, 5.41) is 7.76. The molecule has 0 unspecified atom stereocenters. The van der Waals surface area contributed by atoms with Crippen molar-refractivity contribution in [3.63, 3.8) is 0 Å². The molecule has 4 heterocycles. The molecule has 9 heteroatoms. The number of anilines is 1. The molecule has 1 aliphatic rings. The molecule has 0 atom stereocenters. The van der Waals surface area contributed by atoms with Gasteiger partial charge in [-0.3, -0.25) is 14.3 Å². The first-order chi connectivity index (χ1) is 19.4. The summed E-state index contributed by atoms with van der Waals surface area (Å²) in [7, 11) is 0. The van der Waals surface area contributed by atoms with Crippen molar-refractivity contribution in [3.05, 3.63) is 100 Å². The minimum absolute atomic E-state index is 0.129. The Bertz CT molecular complexity index is 1970. The van der Waals surface area contributed by atoms with E-state index < -0.39 is 17.3 Å². The first-order valence-corrected chi connectivity index (χ1v) is 13.8. The molecule has 1 aliphatic heterocycles. The Morgan fingerprint density at radius 1 is 0.900 bits per heavy atom. The highest BCUT2D eigenvalue weighted by atomic mass is 32.1. The minimum Gasteiger partial charge on any atom is -0.368 e. The number of halogens is 3. The molecule has 0 aliphatic carbocycles. The normalized spacial score (nSPS) is 14.4. The molecule has 40 heavy (non-hydrogen) atoms. The maximum absolute atomic E-state index is 14.4. The van der Waals surface area contributed by atoms with E-state index in [-0.39, 0.29) is 11.4 Å². The van der Waals surface area contributed by atoms with Crippen molar-refractivity contribution >= 4 is 48.9 Å². The van der Waals surface area contributed by atoms with Crippen molar-refractivity contribution < 1.29 is 13.2 Å². The molecule has 0 bridgehead atoms. The van der Waals surface area contributed by atoms with Crippen molar-refractivity contribution in [2.24, 2.45) is 0 Å². The van der Waals surface area contributed by atoms with Crippen LogP contribution in [0.25, 0.3) is 48.7 Å². The summed E-state index contributed by atoms with van der Waals surface area (Å²) in [6.45, 7) is 2.19. The molecule has 0 amide bonds. The number of benzene rings is 3. The second kappa shape index (κ2) is 9.46. The lowest BCUT2D eigenvalue weighted by atomic mass is 10.0. The van der Waals surface area contributed by atoms with Crippen molar-refractivity contribution in [2.45, 2.75) is 6.18 Å². The summed E-state index contributed by atoms with van der Waals surface area (Å²) in [4.78, 5) is 19.7. The van der Waals surface area contributed by atoms with Gasteiger partial charge in [0.05, 0.1) is 22.3 Å². The van der Waals surface area contributed by atoms with Crippen LogP contribution in [-0.4, -0.2) is 35.7 Å². The van der Waals surface area contributed by atoms with Crippen LogP contribution in [0.4, 0.5) is 18.9 Å². The second-order valence-electron chi connectivity index (χ2n) is 9.88. The molecule has 0 spiro atoms. The molecule has 1 N–H and O–H groups in total. The van der Waals surface area contributed by atoms with Gasteiger partial charge in [0.2, 0.25) is 0 Å². The molecule has 0 saturated carbocycles. The number of piperazine rings is 1. The van der Waals surface area contributed by atoms with Gasteiger partial charge in [-0.2, -0.15) is 13.2 Å². The standard InChI is InChI=1S/C31H23F3N4OS/c32-31(33,34)25-16-21(7-9-27(25)37-13-11-35-12-14-37)38-29(39)10-6-20-17-36-26-8-5-19(15-23(26)30(20)38)24-18-40-28-4-2-1-3-22(24)28/h1-10,15-18,35H,11-14H2. The number of rotatable bonds is 3. The van der Waals surface area contributed by atoms with E-state index in [2.05, 4.69) is 27.8 Å². The Morgan fingerprint density at radius 2 is 1.73 bits per heavy atom. The molecule has 5 nitrogen and oxygen atoms in total. The molecule has 7 rings (SSSR count). The van der Waals surface area contributed by atoms with Gasteiger partial charge in [-0.1, -0.05) is 24.3 Å². The zero-order valence-electron chi connectivity index (χ0n) is 21.2. The van der Waals surface area contributed by atoms with Gasteiger partial charge in [0.25, 0.3) is 5.56 Å². The molecule has 0 radical (unpaired) electrons. The van der Waals surface area contributed by atoms with E-state index in [1.54, 1.807) is 34.6 Å². The van der Waals surface area contributed by atoms with Gasteiger partial charge in [-0.25, -0.2) is 0 Å². The number of aromatic nitrogens is 2. The van der Waals surface area contributed by atoms with Gasteiger partial charge >= 0.3 is 6.18 Å². The summed E-state index contributed by atoms with van der Waals surface area (Å²) in [5.41, 5.74) is 2.33. The van der Waals surface area contributed by atoms with Gasteiger partial charge in [0, 0.05) is 70.6 Å². The smallest absolute Gasteiger partial charge is 0.368 e. The van der Waals surface area contributed by atoms with Crippen molar-refractivity contribution in [1.29, 1.82) is 0 Å². The van der Waals surface area contributed by atoms with Crippen LogP contribution in [0.2, 0.25) is 0 Å². The fourth-order valence-electron chi connectivity index (χ4n) is 5.61. The number of nitrogens with one attached hydrogen (secondary N) is 1. The predicted octanol–water partition coefficient (Wildman–Crippen LogP) is 6.85. The average Bonchev–Trinajstić information content (AvgIpc) is 3.41. The van der Waals surface area contributed by atoms with E-state index >= 15 is 0 Å². The third-order valence-corrected chi connectivity index (χ3v) is 8.47. The third kappa shape index (κ3) is 4.13. The molecule has 200 valence electrons. The monoisotopic (exact) mass is 556 g/mol. The highest BCUT2D eigenvalue weighted by Gasteiger charge is 2.36. The number of pyridine rings is 2. The van der Waals surface area contributed by atoms with Crippen LogP contribution < -0.4 is 15.8 Å². The van der Waals surface area contributed by atoms with E-state index in [0.717, 1.165) is 27.3 Å². The van der Waals surface area contributed by atoms with Gasteiger partial charge in [0.15, 0.2) is 0 Å². The Hall–Kier alpha value is -4.21. The summed E-state index contributed by atoms with van der Waals surface area (Å²) in [6.07, 6.45) is -2.92. The van der Waals surface area contributed by atoms with Crippen LogP contribution in [-0.2, 0) is 6.18 Å². The van der Waals surface area contributed by atoms with Crippen LogP contribution >= 0.6 is 11.3 Å². The minimum atomic E-state index is -4.58. The molecule has 1 saturated heterocycles. The van der Waals surface area contributed by atoms with Crippen LogP contribution in [0.1, 0.15) is 5.56 Å². The average molecular weight is 557 g/mol. The van der Waals surface area contributed by atoms with Gasteiger partial charge < -0.3 is 10.2 Å². The lowest BCUT2D eigenvalue weighted by Gasteiger charge is -2.32. The predicted molar refractivity (Wildman–Crippen MR) is 156 cm³/mol. The highest BCUT2D eigenvalue weighted by molar-refractivity contribution is 7.17. The summed E-state index contributed by atoms with van der Waals surface area (Å²) < 4.78 is 45.6. The number of nitrogens with zero attached hydrogens (tertiary/aromatic N) is 3. The SMILES string of the molecule is O=c1ccc2cnc3ccc(-c4csc5ccccc45)cc3c2n1-c1ccc(N2CCNCC2)c(C(F)(F)F)c1. The van der Waals surface area contributed by atoms with Crippen molar-refractivity contribution in [1.82, 2.24) is 14.9 Å². The highest BCUT2D eigenvalue weighted by Crippen LogP contribution is 2.39. The maximum atomic E-state index is 14.4. The van der Waals surface area contributed by atoms with Crippen LogP contribution in [0.5, 0.6) is 0 Å². The summed E-state index contributed by atoms with van der Waals surface area (Å²) >= 11 is 1.65.